The highest BCUT2D eigenvalue weighted by atomic mass is 35.5. The van der Waals surface area contributed by atoms with Crippen molar-refractivity contribution in [2.24, 2.45) is 5.92 Å². The summed E-state index contributed by atoms with van der Waals surface area (Å²) in [5.74, 6) is -0.0338. The number of nitro groups is 1. The van der Waals surface area contributed by atoms with E-state index in [9.17, 15) is 14.9 Å². The number of carbonyl (C=O) groups is 1. The molecule has 1 aliphatic carbocycles. The smallest absolute Gasteiger partial charge is 0.294 e. The summed E-state index contributed by atoms with van der Waals surface area (Å²) in [4.78, 5) is 24.9. The van der Waals surface area contributed by atoms with Gasteiger partial charge >= 0.3 is 0 Å². The summed E-state index contributed by atoms with van der Waals surface area (Å²) in [5, 5.41) is 14.6. The van der Waals surface area contributed by atoms with Crippen molar-refractivity contribution in [3.63, 3.8) is 0 Å². The van der Waals surface area contributed by atoms with E-state index in [-0.39, 0.29) is 17.5 Å². The SMILES string of the molecule is O=C(NC1CC1)C1CCCN(c2ccc(Cl)cc2[N+](=O)[O-])C1. The molecule has 1 aliphatic heterocycles. The number of halogens is 1. The van der Waals surface area contributed by atoms with Gasteiger partial charge in [-0.2, -0.15) is 0 Å². The molecule has 1 saturated carbocycles. The van der Waals surface area contributed by atoms with Crippen LogP contribution >= 0.6 is 11.6 Å². The number of benzene rings is 1. The van der Waals surface area contributed by atoms with Crippen molar-refractivity contribution in [1.29, 1.82) is 0 Å². The van der Waals surface area contributed by atoms with Gasteiger partial charge in [-0.1, -0.05) is 11.6 Å². The molecule has 0 radical (unpaired) electrons. The first-order chi connectivity index (χ1) is 10.5. The van der Waals surface area contributed by atoms with Gasteiger partial charge in [0.05, 0.1) is 10.8 Å². The van der Waals surface area contributed by atoms with Gasteiger partial charge in [-0.3, -0.25) is 14.9 Å². The van der Waals surface area contributed by atoms with Gasteiger partial charge < -0.3 is 10.2 Å². The zero-order chi connectivity index (χ0) is 15.7. The molecule has 7 heteroatoms. The minimum Gasteiger partial charge on any atom is -0.365 e. The molecule has 118 valence electrons. The summed E-state index contributed by atoms with van der Waals surface area (Å²) in [6.07, 6.45) is 3.80. The molecule has 2 aliphatic rings. The van der Waals surface area contributed by atoms with E-state index in [0.29, 0.717) is 23.3 Å². The molecule has 1 saturated heterocycles. The summed E-state index contributed by atoms with van der Waals surface area (Å²) >= 11 is 5.86. The van der Waals surface area contributed by atoms with Crippen LogP contribution in [0.4, 0.5) is 11.4 Å². The number of rotatable bonds is 4. The number of nitrogens with one attached hydrogen (secondary N) is 1. The van der Waals surface area contributed by atoms with E-state index in [4.69, 9.17) is 11.6 Å². The highest BCUT2D eigenvalue weighted by Crippen LogP contribution is 2.34. The van der Waals surface area contributed by atoms with Crippen molar-refractivity contribution in [1.82, 2.24) is 5.32 Å². The Morgan fingerprint density at radius 1 is 1.36 bits per heavy atom. The minimum absolute atomic E-state index is 0.00393. The Bertz CT molecular complexity index is 604. The van der Waals surface area contributed by atoms with E-state index in [1.165, 1.54) is 6.07 Å². The lowest BCUT2D eigenvalue weighted by atomic mass is 9.96. The van der Waals surface area contributed by atoms with E-state index in [1.807, 2.05) is 4.90 Å². The van der Waals surface area contributed by atoms with E-state index < -0.39 is 4.92 Å². The Hall–Kier alpha value is -1.82. The average Bonchev–Trinajstić information content (AvgIpc) is 3.31. The first-order valence-electron chi connectivity index (χ1n) is 7.54. The zero-order valence-corrected chi connectivity index (χ0v) is 12.9. The summed E-state index contributed by atoms with van der Waals surface area (Å²) < 4.78 is 0. The number of hydrogen-bond acceptors (Lipinski definition) is 4. The fraction of sp³-hybridized carbons (Fsp3) is 0.533. The molecular weight excluding hydrogens is 306 g/mol. The van der Waals surface area contributed by atoms with E-state index in [1.54, 1.807) is 12.1 Å². The quantitative estimate of drug-likeness (QED) is 0.683. The maximum atomic E-state index is 12.2. The van der Waals surface area contributed by atoms with E-state index in [2.05, 4.69) is 5.32 Å². The molecule has 2 fully saturated rings. The molecule has 1 atom stereocenters. The third-order valence-corrected chi connectivity index (χ3v) is 4.43. The van der Waals surface area contributed by atoms with Crippen molar-refractivity contribution in [2.75, 3.05) is 18.0 Å². The topological polar surface area (TPSA) is 75.5 Å². The molecular formula is C15H18ClN3O3. The molecule has 0 bridgehead atoms. The molecule has 1 N–H and O–H groups in total. The lowest BCUT2D eigenvalue weighted by Gasteiger charge is -2.33. The van der Waals surface area contributed by atoms with Crippen molar-refractivity contribution in [3.8, 4) is 0 Å². The van der Waals surface area contributed by atoms with Gasteiger partial charge in [0.2, 0.25) is 5.91 Å². The summed E-state index contributed by atoms with van der Waals surface area (Å²) in [6, 6.07) is 5.03. The molecule has 1 unspecified atom stereocenters. The molecule has 1 aromatic carbocycles. The number of anilines is 1. The minimum atomic E-state index is -0.422. The number of piperidine rings is 1. The summed E-state index contributed by atoms with van der Waals surface area (Å²) in [6.45, 7) is 1.23. The fourth-order valence-electron chi connectivity index (χ4n) is 2.87. The predicted molar refractivity (Wildman–Crippen MR) is 84.2 cm³/mol. The Labute approximate surface area is 133 Å². The standard InChI is InChI=1S/C15H18ClN3O3/c16-11-3-6-13(14(8-11)19(21)22)18-7-1-2-10(9-18)15(20)17-12-4-5-12/h3,6,8,10,12H,1-2,4-5,7,9H2,(H,17,20). The van der Waals surface area contributed by atoms with Gasteiger partial charge in [0.25, 0.3) is 5.69 Å². The third kappa shape index (κ3) is 3.32. The van der Waals surface area contributed by atoms with Crippen LogP contribution in [-0.4, -0.2) is 30.0 Å². The lowest BCUT2D eigenvalue weighted by molar-refractivity contribution is -0.384. The highest BCUT2D eigenvalue weighted by Gasteiger charge is 2.32. The third-order valence-electron chi connectivity index (χ3n) is 4.19. The van der Waals surface area contributed by atoms with Crippen LogP contribution in [0.15, 0.2) is 18.2 Å². The molecule has 1 heterocycles. The number of amides is 1. The van der Waals surface area contributed by atoms with Crippen LogP contribution in [0.1, 0.15) is 25.7 Å². The Balaban J connectivity index is 1.76. The first-order valence-corrected chi connectivity index (χ1v) is 7.91. The van der Waals surface area contributed by atoms with Crippen molar-refractivity contribution in [3.05, 3.63) is 33.3 Å². The van der Waals surface area contributed by atoms with Crippen LogP contribution in [0.5, 0.6) is 0 Å². The van der Waals surface area contributed by atoms with Crippen LogP contribution in [0.3, 0.4) is 0 Å². The summed E-state index contributed by atoms with van der Waals surface area (Å²) in [7, 11) is 0. The van der Waals surface area contributed by atoms with Gasteiger partial charge in [0.1, 0.15) is 5.69 Å². The number of nitro benzene ring substituents is 1. The monoisotopic (exact) mass is 323 g/mol. The van der Waals surface area contributed by atoms with Crippen molar-refractivity contribution >= 4 is 28.9 Å². The van der Waals surface area contributed by atoms with Crippen LogP contribution in [0, 0.1) is 16.0 Å². The zero-order valence-electron chi connectivity index (χ0n) is 12.1. The molecule has 6 nitrogen and oxygen atoms in total. The Kier molecular flexibility index (Phi) is 4.20. The molecule has 0 spiro atoms. The first kappa shape index (κ1) is 15.1. The molecule has 0 aromatic heterocycles. The van der Waals surface area contributed by atoms with E-state index in [0.717, 1.165) is 32.2 Å². The second-order valence-corrected chi connectivity index (χ2v) is 6.39. The highest BCUT2D eigenvalue weighted by molar-refractivity contribution is 6.30. The Morgan fingerprint density at radius 2 is 2.14 bits per heavy atom. The molecule has 1 aromatic rings. The van der Waals surface area contributed by atoms with Crippen molar-refractivity contribution < 1.29 is 9.72 Å². The largest absolute Gasteiger partial charge is 0.365 e. The van der Waals surface area contributed by atoms with Gasteiger partial charge in [-0.25, -0.2) is 0 Å². The van der Waals surface area contributed by atoms with Gasteiger partial charge in [0.15, 0.2) is 0 Å². The molecule has 3 rings (SSSR count). The van der Waals surface area contributed by atoms with Gasteiger partial charge in [-0.15, -0.1) is 0 Å². The number of nitrogens with zero attached hydrogens (tertiary/aromatic N) is 2. The lowest BCUT2D eigenvalue weighted by Crippen LogP contribution is -2.43. The van der Waals surface area contributed by atoms with Crippen LogP contribution in [0.2, 0.25) is 5.02 Å². The second-order valence-electron chi connectivity index (χ2n) is 5.96. The van der Waals surface area contributed by atoms with Crippen LogP contribution in [0.25, 0.3) is 0 Å². The fourth-order valence-corrected chi connectivity index (χ4v) is 3.03. The maximum Gasteiger partial charge on any atom is 0.294 e. The summed E-state index contributed by atoms with van der Waals surface area (Å²) in [5.41, 5.74) is 0.536. The number of hydrogen-bond donors (Lipinski definition) is 1. The van der Waals surface area contributed by atoms with Crippen LogP contribution in [-0.2, 0) is 4.79 Å². The predicted octanol–water partition coefficient (Wildman–Crippen LogP) is 2.74. The molecule has 22 heavy (non-hydrogen) atoms. The van der Waals surface area contributed by atoms with Gasteiger partial charge in [0, 0.05) is 30.2 Å². The van der Waals surface area contributed by atoms with Gasteiger partial charge in [-0.05, 0) is 37.8 Å². The molecule has 1 amide bonds. The number of carbonyl (C=O) groups excluding carboxylic acids is 1. The average molecular weight is 324 g/mol. The second kappa shape index (κ2) is 6.12. The van der Waals surface area contributed by atoms with Crippen molar-refractivity contribution in [2.45, 2.75) is 31.7 Å². The Morgan fingerprint density at radius 3 is 2.82 bits per heavy atom. The van der Waals surface area contributed by atoms with E-state index >= 15 is 0 Å². The normalized spacial score (nSPS) is 21.5. The van der Waals surface area contributed by atoms with Crippen LogP contribution < -0.4 is 10.2 Å². The maximum absolute atomic E-state index is 12.2.